The van der Waals surface area contributed by atoms with Crippen molar-refractivity contribution in [2.75, 3.05) is 6.54 Å². The average molecular weight is 475 g/mol. The van der Waals surface area contributed by atoms with Crippen molar-refractivity contribution in [1.82, 2.24) is 9.62 Å². The Morgan fingerprint density at radius 2 is 1.58 bits per heavy atom. The number of hydrogen-bond donors (Lipinski definition) is 4. The summed E-state index contributed by atoms with van der Waals surface area (Å²) in [6.07, 6.45) is -9.60. The van der Waals surface area contributed by atoms with Crippen LogP contribution in [0.2, 0.25) is 0 Å². The Bertz CT molecular complexity index is 970. The third-order valence-electron chi connectivity index (χ3n) is 3.63. The van der Waals surface area contributed by atoms with Gasteiger partial charge in [-0.15, -0.1) is 0 Å². The van der Waals surface area contributed by atoms with Crippen LogP contribution in [-0.4, -0.2) is 48.3 Å². The summed E-state index contributed by atoms with van der Waals surface area (Å²) in [7, 11) is -5.13. The lowest BCUT2D eigenvalue weighted by Crippen LogP contribution is -2.44. The lowest BCUT2D eigenvalue weighted by Gasteiger charge is -2.31. The molecule has 0 saturated carbocycles. The van der Waals surface area contributed by atoms with Gasteiger partial charge in [0.05, 0.1) is 0 Å². The van der Waals surface area contributed by atoms with Crippen LogP contribution in [0.25, 0.3) is 0 Å². The Kier molecular flexibility index (Phi) is 8.08. The van der Waals surface area contributed by atoms with Gasteiger partial charge in [-0.05, 0) is 29.8 Å². The molecular weight excluding hydrogens is 459 g/mol. The zero-order valence-electron chi connectivity index (χ0n) is 15.6. The highest BCUT2D eigenvalue weighted by atomic mass is 32.2. The van der Waals surface area contributed by atoms with Gasteiger partial charge in [0.15, 0.2) is 5.04 Å². The summed E-state index contributed by atoms with van der Waals surface area (Å²) >= 11 is 0. The minimum atomic E-state index is -5.15. The predicted molar refractivity (Wildman–Crippen MR) is 98.0 cm³/mol. The van der Waals surface area contributed by atoms with Crippen molar-refractivity contribution in [1.29, 1.82) is 16.2 Å². The fourth-order valence-corrected chi connectivity index (χ4v) is 3.62. The molecule has 31 heavy (non-hydrogen) atoms. The summed E-state index contributed by atoms with van der Waals surface area (Å²) in [5.41, 5.74) is -0.621. The summed E-state index contributed by atoms with van der Waals surface area (Å²) in [6.45, 7) is 0.305. The number of rotatable bonds is 6. The van der Waals surface area contributed by atoms with Crippen LogP contribution in [0.15, 0.2) is 36.4 Å². The van der Waals surface area contributed by atoms with Crippen molar-refractivity contribution in [2.24, 2.45) is 0 Å². The van der Waals surface area contributed by atoms with E-state index in [4.69, 9.17) is 16.2 Å². The molecule has 0 aliphatic carbocycles. The maximum Gasteiger partial charge on any atom is 0.448 e. The fourth-order valence-electron chi connectivity index (χ4n) is 2.27. The number of alkyl halides is 6. The molecule has 0 heterocycles. The summed E-state index contributed by atoms with van der Waals surface area (Å²) in [5.74, 6) is -4.03. The van der Waals surface area contributed by atoms with Gasteiger partial charge in [-0.3, -0.25) is 16.2 Å². The molecule has 1 aromatic rings. The molecule has 172 valence electrons. The highest BCUT2D eigenvalue weighted by Crippen LogP contribution is 2.39. The monoisotopic (exact) mass is 475 g/mol. The van der Waals surface area contributed by atoms with Gasteiger partial charge >= 0.3 is 12.4 Å². The molecule has 15 heteroatoms. The minimum Gasteiger partial charge on any atom is -0.322 e. The van der Waals surface area contributed by atoms with Gasteiger partial charge in [0.25, 0.3) is 10.0 Å². The molecule has 1 rings (SSSR count). The first-order chi connectivity index (χ1) is 14.0. The van der Waals surface area contributed by atoms with E-state index < -0.39 is 63.1 Å². The van der Waals surface area contributed by atoms with Crippen molar-refractivity contribution in [2.45, 2.75) is 25.3 Å². The van der Waals surface area contributed by atoms with E-state index in [-0.39, 0.29) is 4.31 Å². The Balaban J connectivity index is 3.21. The number of nitrogens with zero attached hydrogens (tertiary/aromatic N) is 1. The molecule has 4 N–H and O–H groups in total. The van der Waals surface area contributed by atoms with E-state index in [1.807, 2.05) is 0 Å². The van der Waals surface area contributed by atoms with Gasteiger partial charge in [0.1, 0.15) is 17.7 Å². The maximum atomic E-state index is 13.6. The quantitative estimate of drug-likeness (QED) is 0.285. The van der Waals surface area contributed by atoms with E-state index in [9.17, 15) is 39.2 Å². The molecule has 0 unspecified atom stereocenters. The van der Waals surface area contributed by atoms with E-state index in [1.54, 1.807) is 0 Å². The predicted octanol–water partition coefficient (Wildman–Crippen LogP) is 3.72. The molecule has 0 saturated heterocycles. The second-order valence-electron chi connectivity index (χ2n) is 5.81. The Labute approximate surface area is 172 Å². The van der Waals surface area contributed by atoms with E-state index in [1.165, 1.54) is 5.32 Å². The number of sulfonamides is 1. The van der Waals surface area contributed by atoms with Gasteiger partial charge in [0, 0.05) is 6.54 Å². The summed E-state index contributed by atoms with van der Waals surface area (Å²) in [4.78, 5) is 0. The first kappa shape index (κ1) is 26.2. The van der Waals surface area contributed by atoms with Crippen molar-refractivity contribution in [3.63, 3.8) is 0 Å². The van der Waals surface area contributed by atoms with Gasteiger partial charge in [0.2, 0.25) is 5.84 Å². The van der Waals surface area contributed by atoms with E-state index in [0.717, 1.165) is 19.1 Å². The lowest BCUT2D eigenvalue weighted by atomic mass is 10.1. The maximum absolute atomic E-state index is 13.6. The molecule has 0 spiro atoms. The number of benzene rings is 1. The molecule has 1 atom stereocenters. The molecule has 0 bridgehead atoms. The fraction of sp³-hybridized carbons (Fsp3) is 0.312. The highest BCUT2D eigenvalue weighted by molar-refractivity contribution is 8.04. The van der Waals surface area contributed by atoms with Crippen LogP contribution < -0.4 is 5.32 Å². The third-order valence-corrected chi connectivity index (χ3v) is 5.40. The van der Waals surface area contributed by atoms with Crippen molar-refractivity contribution in [3.8, 4) is 0 Å². The lowest BCUT2D eigenvalue weighted by molar-refractivity contribution is -0.173. The van der Waals surface area contributed by atoms with Crippen LogP contribution in [0.1, 0.15) is 18.5 Å². The van der Waals surface area contributed by atoms with Crippen molar-refractivity contribution in [3.05, 3.63) is 47.8 Å². The second-order valence-corrected chi connectivity index (χ2v) is 7.67. The second kappa shape index (κ2) is 9.55. The van der Waals surface area contributed by atoms with Crippen LogP contribution >= 0.6 is 0 Å². The standard InChI is InChI=1S/C16H16F7N5O2S/c1-2-28(13(15(18,19)20)9-3-5-10(17)6-4-9)31(29,30)12(25)8-7-11(24)27-14(26)16(21,22)23/h3-8,13,25H,2H2,1H3,(H3,24,26,27)/b8-7-,25-12?/t13-/m1/s1. The first-order valence-corrected chi connectivity index (χ1v) is 9.57. The smallest absolute Gasteiger partial charge is 0.322 e. The molecule has 0 radical (unpaired) electrons. The van der Waals surface area contributed by atoms with Gasteiger partial charge in [-0.1, -0.05) is 19.1 Å². The average Bonchev–Trinajstić information content (AvgIpc) is 2.63. The van der Waals surface area contributed by atoms with Crippen LogP contribution in [0.4, 0.5) is 30.7 Å². The molecule has 0 aliphatic rings. The summed E-state index contributed by atoms with van der Waals surface area (Å²) < 4.78 is 116. The van der Waals surface area contributed by atoms with Gasteiger partial charge in [-0.2, -0.15) is 30.6 Å². The summed E-state index contributed by atoms with van der Waals surface area (Å²) in [5, 5.41) is 21.3. The van der Waals surface area contributed by atoms with E-state index >= 15 is 0 Å². The third kappa shape index (κ3) is 6.85. The topological polar surface area (TPSA) is 121 Å². The molecule has 0 amide bonds. The molecule has 0 aliphatic heterocycles. The number of amidine groups is 2. The Morgan fingerprint density at radius 3 is 2.00 bits per heavy atom. The molecule has 0 aromatic heterocycles. The largest absolute Gasteiger partial charge is 0.448 e. The van der Waals surface area contributed by atoms with Gasteiger partial charge in [-0.25, -0.2) is 12.8 Å². The van der Waals surface area contributed by atoms with Crippen LogP contribution in [-0.2, 0) is 10.0 Å². The SMILES string of the molecule is CCN([C@H](c1ccc(F)cc1)C(F)(F)F)S(=O)(=O)C(=N)/C=C\C(=N)NC(=N)C(F)(F)F. The minimum absolute atomic E-state index is 0.0816. The molecule has 0 fully saturated rings. The number of halogens is 7. The van der Waals surface area contributed by atoms with Crippen molar-refractivity contribution < 1.29 is 39.2 Å². The molecule has 1 aromatic carbocycles. The van der Waals surface area contributed by atoms with E-state index in [2.05, 4.69) is 0 Å². The molecular formula is C16H16F7N5O2S. The van der Waals surface area contributed by atoms with Crippen LogP contribution in [0.3, 0.4) is 0 Å². The van der Waals surface area contributed by atoms with Crippen LogP contribution in [0, 0.1) is 22.0 Å². The zero-order chi connectivity index (χ0) is 24.2. The first-order valence-electron chi connectivity index (χ1n) is 8.13. The van der Waals surface area contributed by atoms with E-state index in [0.29, 0.717) is 24.3 Å². The van der Waals surface area contributed by atoms with Crippen LogP contribution in [0.5, 0.6) is 0 Å². The highest BCUT2D eigenvalue weighted by Gasteiger charge is 2.49. The Hall–Kier alpha value is -2.81. The van der Waals surface area contributed by atoms with Crippen molar-refractivity contribution >= 4 is 26.7 Å². The van der Waals surface area contributed by atoms with Gasteiger partial charge < -0.3 is 5.32 Å². The number of nitrogens with one attached hydrogen (secondary N) is 4. The normalized spacial score (nSPS) is 14.0. The zero-order valence-corrected chi connectivity index (χ0v) is 16.4. The molecule has 7 nitrogen and oxygen atoms in total. The number of hydrogen-bond acceptors (Lipinski definition) is 5. The Morgan fingerprint density at radius 1 is 1.06 bits per heavy atom. The summed E-state index contributed by atoms with van der Waals surface area (Å²) in [6, 6.07) is 0.0823.